The first-order valence-electron chi connectivity index (χ1n) is 10.3. The lowest BCUT2D eigenvalue weighted by atomic mass is 10.1. The minimum atomic E-state index is 0.217. The number of ether oxygens (including phenoxy) is 1. The van der Waals surface area contributed by atoms with Crippen LogP contribution in [0.15, 0.2) is 42.5 Å². The summed E-state index contributed by atoms with van der Waals surface area (Å²) < 4.78 is 14.2. The number of aliphatic hydroxyl groups excluding tert-OH is 1. The SMILES string of the molecule is CCOc1ccc(CN2CCN(Cc3ccc4nsnc4c3)CC2CCO)cc1. The Morgan fingerprint density at radius 1 is 1.03 bits per heavy atom. The van der Waals surface area contributed by atoms with Gasteiger partial charge in [0.25, 0.3) is 0 Å². The lowest BCUT2D eigenvalue weighted by Crippen LogP contribution is -2.52. The number of nitrogens with zero attached hydrogens (tertiary/aromatic N) is 4. The first kappa shape index (κ1) is 20.2. The van der Waals surface area contributed by atoms with Gasteiger partial charge in [-0.1, -0.05) is 18.2 Å². The molecule has 1 aliphatic rings. The summed E-state index contributed by atoms with van der Waals surface area (Å²) in [6, 6.07) is 15.1. The third-order valence-corrected chi connectivity index (χ3v) is 6.05. The van der Waals surface area contributed by atoms with Gasteiger partial charge in [0.1, 0.15) is 16.8 Å². The molecule has 1 saturated heterocycles. The van der Waals surface area contributed by atoms with E-state index in [2.05, 4.69) is 48.9 Å². The normalized spacial score (nSPS) is 18.3. The van der Waals surface area contributed by atoms with Gasteiger partial charge in [-0.3, -0.25) is 9.80 Å². The number of fused-ring (bicyclic) bond motifs is 1. The van der Waals surface area contributed by atoms with Crippen LogP contribution in [0.4, 0.5) is 0 Å². The molecule has 29 heavy (non-hydrogen) atoms. The molecule has 0 radical (unpaired) electrons. The van der Waals surface area contributed by atoms with Crippen molar-refractivity contribution in [3.8, 4) is 5.75 Å². The van der Waals surface area contributed by atoms with E-state index in [-0.39, 0.29) is 6.61 Å². The first-order valence-corrected chi connectivity index (χ1v) is 11.0. The summed E-state index contributed by atoms with van der Waals surface area (Å²) in [5.74, 6) is 0.917. The fraction of sp³-hybridized carbons (Fsp3) is 0.455. The minimum Gasteiger partial charge on any atom is -0.494 e. The summed E-state index contributed by atoms with van der Waals surface area (Å²) in [6.07, 6.45) is 0.794. The maximum Gasteiger partial charge on any atom is 0.119 e. The molecule has 0 aliphatic carbocycles. The van der Waals surface area contributed by atoms with E-state index in [0.717, 1.165) is 55.9 Å². The second-order valence-electron chi connectivity index (χ2n) is 7.54. The first-order chi connectivity index (χ1) is 14.2. The highest BCUT2D eigenvalue weighted by Crippen LogP contribution is 2.21. The van der Waals surface area contributed by atoms with E-state index in [9.17, 15) is 5.11 Å². The van der Waals surface area contributed by atoms with Crippen LogP contribution in [-0.2, 0) is 13.1 Å². The predicted molar refractivity (Wildman–Crippen MR) is 116 cm³/mol. The van der Waals surface area contributed by atoms with Crippen LogP contribution in [0.1, 0.15) is 24.5 Å². The van der Waals surface area contributed by atoms with Gasteiger partial charge in [0.2, 0.25) is 0 Å². The molecule has 1 aromatic heterocycles. The molecular formula is C22H28N4O2S. The largest absolute Gasteiger partial charge is 0.494 e. The number of aromatic nitrogens is 2. The van der Waals surface area contributed by atoms with Gasteiger partial charge < -0.3 is 9.84 Å². The summed E-state index contributed by atoms with van der Waals surface area (Å²) in [7, 11) is 0. The second-order valence-corrected chi connectivity index (χ2v) is 8.06. The lowest BCUT2D eigenvalue weighted by Gasteiger charge is -2.41. The van der Waals surface area contributed by atoms with E-state index in [4.69, 9.17) is 4.74 Å². The van der Waals surface area contributed by atoms with Gasteiger partial charge in [0.05, 0.1) is 18.3 Å². The van der Waals surface area contributed by atoms with Crippen molar-refractivity contribution in [2.45, 2.75) is 32.5 Å². The Bertz CT molecular complexity index is 915. The Morgan fingerprint density at radius 2 is 1.83 bits per heavy atom. The van der Waals surface area contributed by atoms with Crippen LogP contribution in [0.5, 0.6) is 5.75 Å². The Labute approximate surface area is 176 Å². The number of hydrogen-bond acceptors (Lipinski definition) is 7. The van der Waals surface area contributed by atoms with Crippen LogP contribution in [-0.4, -0.2) is 62.5 Å². The fourth-order valence-electron chi connectivity index (χ4n) is 4.01. The molecule has 6 nitrogen and oxygen atoms in total. The van der Waals surface area contributed by atoms with Crippen molar-refractivity contribution in [3.05, 3.63) is 53.6 Å². The van der Waals surface area contributed by atoms with Gasteiger partial charge in [0.15, 0.2) is 0 Å². The zero-order chi connectivity index (χ0) is 20.1. The number of hydrogen-bond donors (Lipinski definition) is 1. The van der Waals surface area contributed by atoms with Crippen molar-refractivity contribution in [2.24, 2.45) is 0 Å². The Hall–Kier alpha value is -2.06. The van der Waals surface area contributed by atoms with Crippen molar-refractivity contribution in [1.29, 1.82) is 0 Å². The third kappa shape index (κ3) is 5.11. The summed E-state index contributed by atoms with van der Waals surface area (Å²) in [5, 5.41) is 9.59. The molecule has 1 aliphatic heterocycles. The topological polar surface area (TPSA) is 61.7 Å². The molecule has 0 bridgehead atoms. The second kappa shape index (κ2) is 9.63. The smallest absolute Gasteiger partial charge is 0.119 e. The van der Waals surface area contributed by atoms with Crippen molar-refractivity contribution < 1.29 is 9.84 Å². The highest BCUT2D eigenvalue weighted by atomic mass is 32.1. The quantitative estimate of drug-likeness (QED) is 0.613. The molecule has 1 atom stereocenters. The molecule has 154 valence electrons. The van der Waals surface area contributed by atoms with Crippen molar-refractivity contribution in [2.75, 3.05) is 32.8 Å². The van der Waals surface area contributed by atoms with E-state index in [1.807, 2.05) is 19.1 Å². The zero-order valence-electron chi connectivity index (χ0n) is 16.8. The van der Waals surface area contributed by atoms with Crippen LogP contribution in [0, 0.1) is 0 Å². The van der Waals surface area contributed by atoms with Crippen LogP contribution >= 0.6 is 11.7 Å². The van der Waals surface area contributed by atoms with Gasteiger partial charge in [0, 0.05) is 45.4 Å². The molecule has 1 fully saturated rings. The molecule has 0 spiro atoms. The standard InChI is InChI=1S/C22H28N4O2S/c1-2-28-20-6-3-17(4-7-20)15-26-11-10-25(16-19(26)9-12-27)14-18-5-8-21-22(13-18)24-29-23-21/h3-8,13,19,27H,2,9-12,14-16H2,1H3. The number of piperazine rings is 1. The third-order valence-electron chi connectivity index (χ3n) is 5.50. The fourth-order valence-corrected chi connectivity index (χ4v) is 4.53. The monoisotopic (exact) mass is 412 g/mol. The van der Waals surface area contributed by atoms with Crippen molar-refractivity contribution >= 4 is 22.8 Å². The van der Waals surface area contributed by atoms with Crippen molar-refractivity contribution in [3.63, 3.8) is 0 Å². The molecule has 2 aromatic carbocycles. The van der Waals surface area contributed by atoms with E-state index in [1.165, 1.54) is 22.9 Å². The molecule has 2 heterocycles. The lowest BCUT2D eigenvalue weighted by molar-refractivity contribution is 0.0500. The predicted octanol–water partition coefficient (Wildman–Crippen LogP) is 3.16. The summed E-state index contributed by atoms with van der Waals surface area (Å²) in [6.45, 7) is 7.70. The van der Waals surface area contributed by atoms with Gasteiger partial charge >= 0.3 is 0 Å². The molecule has 4 rings (SSSR count). The summed E-state index contributed by atoms with van der Waals surface area (Å²) >= 11 is 1.26. The molecule has 1 N–H and O–H groups in total. The summed E-state index contributed by atoms with van der Waals surface area (Å²) in [4.78, 5) is 4.98. The van der Waals surface area contributed by atoms with Crippen LogP contribution < -0.4 is 4.74 Å². The van der Waals surface area contributed by atoms with E-state index in [0.29, 0.717) is 12.6 Å². The Kier molecular flexibility index (Phi) is 6.71. The average Bonchev–Trinajstić information content (AvgIpc) is 3.20. The maximum atomic E-state index is 9.59. The zero-order valence-corrected chi connectivity index (χ0v) is 17.6. The number of aliphatic hydroxyl groups is 1. The van der Waals surface area contributed by atoms with Crippen LogP contribution in [0.2, 0.25) is 0 Å². The molecule has 1 unspecified atom stereocenters. The number of rotatable bonds is 8. The van der Waals surface area contributed by atoms with E-state index < -0.39 is 0 Å². The minimum absolute atomic E-state index is 0.217. The van der Waals surface area contributed by atoms with Crippen LogP contribution in [0.25, 0.3) is 11.0 Å². The Balaban J connectivity index is 1.38. The van der Waals surface area contributed by atoms with Gasteiger partial charge in [-0.15, -0.1) is 0 Å². The van der Waals surface area contributed by atoms with Gasteiger partial charge in [-0.2, -0.15) is 8.75 Å². The highest BCUT2D eigenvalue weighted by Gasteiger charge is 2.26. The van der Waals surface area contributed by atoms with Crippen molar-refractivity contribution in [1.82, 2.24) is 18.5 Å². The molecular weight excluding hydrogens is 384 g/mol. The van der Waals surface area contributed by atoms with Gasteiger partial charge in [-0.05, 0) is 48.7 Å². The van der Waals surface area contributed by atoms with E-state index in [1.54, 1.807) is 0 Å². The van der Waals surface area contributed by atoms with E-state index >= 15 is 0 Å². The molecule has 0 amide bonds. The maximum absolute atomic E-state index is 9.59. The van der Waals surface area contributed by atoms with Crippen LogP contribution in [0.3, 0.4) is 0 Å². The molecule has 0 saturated carbocycles. The molecule has 7 heteroatoms. The molecule has 3 aromatic rings. The average molecular weight is 413 g/mol. The Morgan fingerprint density at radius 3 is 2.62 bits per heavy atom. The number of benzene rings is 2. The highest BCUT2D eigenvalue weighted by molar-refractivity contribution is 7.00. The summed E-state index contributed by atoms with van der Waals surface area (Å²) in [5.41, 5.74) is 4.50. The van der Waals surface area contributed by atoms with Gasteiger partial charge in [-0.25, -0.2) is 0 Å².